The topological polar surface area (TPSA) is 64.7 Å². The molecule has 0 aliphatic heterocycles. The molecule has 4 heteroatoms. The second-order valence-corrected chi connectivity index (χ2v) is 6.31. The predicted molar refractivity (Wildman–Crippen MR) is 96.5 cm³/mol. The molecule has 0 aliphatic carbocycles. The third kappa shape index (κ3) is 4.28. The summed E-state index contributed by atoms with van der Waals surface area (Å²) in [6.45, 7) is 4.06. The summed E-state index contributed by atoms with van der Waals surface area (Å²) < 4.78 is 10.6. The van der Waals surface area contributed by atoms with Gasteiger partial charge in [0.15, 0.2) is 11.5 Å². The molecular weight excluding hydrogens is 302 g/mol. The smallest absolute Gasteiger partial charge is 0.160 e. The van der Waals surface area contributed by atoms with Crippen molar-refractivity contribution in [3.05, 3.63) is 59.2 Å². The van der Waals surface area contributed by atoms with Crippen molar-refractivity contribution in [3.63, 3.8) is 0 Å². The highest BCUT2D eigenvalue weighted by atomic mass is 16.5. The number of hydrogen-bond donors (Lipinski definition) is 2. The number of methoxy groups -OCH3 is 2. The van der Waals surface area contributed by atoms with Gasteiger partial charge in [-0.25, -0.2) is 0 Å². The molecule has 0 amide bonds. The molecule has 0 saturated heterocycles. The third-order valence-corrected chi connectivity index (χ3v) is 4.41. The number of ether oxygens (including phenoxy) is 2. The molecule has 4 nitrogen and oxygen atoms in total. The van der Waals surface area contributed by atoms with Gasteiger partial charge in [0, 0.05) is 6.04 Å². The van der Waals surface area contributed by atoms with Crippen LogP contribution in [0, 0.1) is 12.8 Å². The number of hydrogen-bond acceptors (Lipinski definition) is 4. The molecule has 3 unspecified atom stereocenters. The lowest BCUT2D eigenvalue weighted by atomic mass is 9.88. The van der Waals surface area contributed by atoms with Crippen molar-refractivity contribution in [1.29, 1.82) is 0 Å². The van der Waals surface area contributed by atoms with E-state index in [0.717, 1.165) is 23.1 Å². The maximum absolute atomic E-state index is 10.6. The van der Waals surface area contributed by atoms with Crippen LogP contribution in [0.2, 0.25) is 0 Å². The lowest BCUT2D eigenvalue weighted by molar-refractivity contribution is 0.121. The first-order valence-electron chi connectivity index (χ1n) is 8.17. The minimum atomic E-state index is -0.681. The van der Waals surface area contributed by atoms with Gasteiger partial charge in [0.25, 0.3) is 0 Å². The molecule has 0 heterocycles. The van der Waals surface area contributed by atoms with Crippen molar-refractivity contribution in [2.24, 2.45) is 11.7 Å². The van der Waals surface area contributed by atoms with Gasteiger partial charge in [-0.2, -0.15) is 0 Å². The van der Waals surface area contributed by atoms with E-state index >= 15 is 0 Å². The van der Waals surface area contributed by atoms with Gasteiger partial charge >= 0.3 is 0 Å². The molecule has 2 aromatic carbocycles. The SMILES string of the molecule is COc1ccc(CC(C)C(N)C(O)c2cccc(C)c2)cc1OC. The third-order valence-electron chi connectivity index (χ3n) is 4.41. The van der Waals surface area contributed by atoms with Crippen molar-refractivity contribution >= 4 is 0 Å². The molecule has 3 N–H and O–H groups in total. The van der Waals surface area contributed by atoms with Crippen LogP contribution < -0.4 is 15.2 Å². The monoisotopic (exact) mass is 329 g/mol. The van der Waals surface area contributed by atoms with E-state index in [4.69, 9.17) is 15.2 Å². The first-order valence-corrected chi connectivity index (χ1v) is 8.17. The van der Waals surface area contributed by atoms with Crippen LogP contribution in [-0.2, 0) is 6.42 Å². The van der Waals surface area contributed by atoms with Crippen LogP contribution in [0.3, 0.4) is 0 Å². The Kier molecular flexibility index (Phi) is 6.23. The van der Waals surface area contributed by atoms with E-state index in [1.54, 1.807) is 14.2 Å². The Morgan fingerprint density at radius 1 is 1.04 bits per heavy atom. The van der Waals surface area contributed by atoms with Crippen molar-refractivity contribution in [3.8, 4) is 11.5 Å². The fraction of sp³-hybridized carbons (Fsp3) is 0.400. The fourth-order valence-electron chi connectivity index (χ4n) is 2.90. The van der Waals surface area contributed by atoms with Crippen molar-refractivity contribution in [2.45, 2.75) is 32.4 Å². The van der Waals surface area contributed by atoms with E-state index in [-0.39, 0.29) is 12.0 Å². The van der Waals surface area contributed by atoms with Crippen LogP contribution in [0.4, 0.5) is 0 Å². The van der Waals surface area contributed by atoms with Crippen LogP contribution in [0.25, 0.3) is 0 Å². The summed E-state index contributed by atoms with van der Waals surface area (Å²) in [4.78, 5) is 0. The number of benzene rings is 2. The molecule has 2 aromatic rings. The van der Waals surface area contributed by atoms with Gasteiger partial charge < -0.3 is 20.3 Å². The normalized spacial score (nSPS) is 14.8. The lowest BCUT2D eigenvalue weighted by Gasteiger charge is -2.26. The average molecular weight is 329 g/mol. The van der Waals surface area contributed by atoms with Crippen LogP contribution in [0.15, 0.2) is 42.5 Å². The average Bonchev–Trinajstić information content (AvgIpc) is 2.60. The summed E-state index contributed by atoms with van der Waals surface area (Å²) in [6.07, 6.45) is 0.0738. The van der Waals surface area contributed by atoms with Crippen LogP contribution in [0.1, 0.15) is 29.7 Å². The summed E-state index contributed by atoms with van der Waals surface area (Å²) in [7, 11) is 3.24. The minimum absolute atomic E-state index is 0.110. The Hall–Kier alpha value is -2.04. The number of nitrogens with two attached hydrogens (primary N) is 1. The molecule has 0 spiro atoms. The Bertz CT molecular complexity index is 672. The quantitative estimate of drug-likeness (QED) is 0.818. The van der Waals surface area contributed by atoms with Crippen molar-refractivity contribution < 1.29 is 14.6 Å². The molecule has 130 valence electrons. The molecule has 0 radical (unpaired) electrons. The summed E-state index contributed by atoms with van der Waals surface area (Å²) in [5.41, 5.74) is 9.39. The molecule has 0 aliphatic rings. The maximum atomic E-state index is 10.6. The second-order valence-electron chi connectivity index (χ2n) is 6.31. The molecule has 0 bridgehead atoms. The second kappa shape index (κ2) is 8.18. The largest absolute Gasteiger partial charge is 0.493 e. The summed E-state index contributed by atoms with van der Waals surface area (Å²) >= 11 is 0. The zero-order valence-corrected chi connectivity index (χ0v) is 14.8. The number of aryl methyl sites for hydroxylation is 1. The van der Waals surface area contributed by atoms with Crippen LogP contribution >= 0.6 is 0 Å². The number of rotatable bonds is 7. The van der Waals surface area contributed by atoms with Crippen molar-refractivity contribution in [2.75, 3.05) is 14.2 Å². The Morgan fingerprint density at radius 3 is 2.38 bits per heavy atom. The van der Waals surface area contributed by atoms with Gasteiger partial charge in [0.05, 0.1) is 20.3 Å². The fourth-order valence-corrected chi connectivity index (χ4v) is 2.90. The van der Waals surface area contributed by atoms with Gasteiger partial charge in [-0.1, -0.05) is 42.8 Å². The predicted octanol–water partition coefficient (Wildman–Crippen LogP) is 3.25. The Labute approximate surface area is 144 Å². The van der Waals surface area contributed by atoms with E-state index in [1.165, 1.54) is 0 Å². The number of aliphatic hydroxyl groups is 1. The van der Waals surface area contributed by atoms with Gasteiger partial charge in [-0.05, 0) is 42.5 Å². The van der Waals surface area contributed by atoms with Gasteiger partial charge in [-0.15, -0.1) is 0 Å². The minimum Gasteiger partial charge on any atom is -0.493 e. The van der Waals surface area contributed by atoms with Crippen molar-refractivity contribution in [1.82, 2.24) is 0 Å². The summed E-state index contributed by atoms with van der Waals surface area (Å²) in [5, 5.41) is 10.6. The standard InChI is InChI=1S/C20H27NO3/c1-13-6-5-7-16(10-13)20(22)19(21)14(2)11-15-8-9-17(23-3)18(12-15)24-4/h5-10,12,14,19-20,22H,11,21H2,1-4H3. The van der Waals surface area contributed by atoms with Crippen LogP contribution in [0.5, 0.6) is 11.5 Å². The zero-order valence-electron chi connectivity index (χ0n) is 14.8. The zero-order chi connectivity index (χ0) is 17.7. The lowest BCUT2D eigenvalue weighted by Crippen LogP contribution is -2.36. The molecular formula is C20H27NO3. The van der Waals surface area contributed by atoms with E-state index < -0.39 is 6.10 Å². The molecule has 2 rings (SSSR count). The highest BCUT2D eigenvalue weighted by molar-refractivity contribution is 5.43. The molecule has 0 aromatic heterocycles. The molecule has 3 atom stereocenters. The van der Waals surface area contributed by atoms with E-state index in [9.17, 15) is 5.11 Å². The van der Waals surface area contributed by atoms with E-state index in [2.05, 4.69) is 6.92 Å². The highest BCUT2D eigenvalue weighted by Crippen LogP contribution is 2.30. The summed E-state index contributed by atoms with van der Waals surface area (Å²) in [6, 6.07) is 13.4. The molecule has 0 saturated carbocycles. The highest BCUT2D eigenvalue weighted by Gasteiger charge is 2.23. The van der Waals surface area contributed by atoms with Crippen LogP contribution in [-0.4, -0.2) is 25.4 Å². The van der Waals surface area contributed by atoms with E-state index in [1.807, 2.05) is 49.4 Å². The summed E-state index contributed by atoms with van der Waals surface area (Å²) in [5.74, 6) is 1.52. The first-order chi connectivity index (χ1) is 11.5. The molecule has 0 fully saturated rings. The van der Waals surface area contributed by atoms with Gasteiger partial charge in [-0.3, -0.25) is 0 Å². The maximum Gasteiger partial charge on any atom is 0.160 e. The van der Waals surface area contributed by atoms with Gasteiger partial charge in [0.1, 0.15) is 0 Å². The van der Waals surface area contributed by atoms with E-state index in [0.29, 0.717) is 11.5 Å². The Morgan fingerprint density at radius 2 is 1.75 bits per heavy atom. The first kappa shape index (κ1) is 18.3. The van der Waals surface area contributed by atoms with Gasteiger partial charge in [0.2, 0.25) is 0 Å². The Balaban J connectivity index is 2.09. The number of aliphatic hydroxyl groups excluding tert-OH is 1. The molecule has 24 heavy (non-hydrogen) atoms.